The molecular formula is C16H21NO3. The lowest BCUT2D eigenvalue weighted by atomic mass is 10.2. The van der Waals surface area contributed by atoms with Gasteiger partial charge in [0.05, 0.1) is 7.11 Å². The van der Waals surface area contributed by atoms with Crippen molar-refractivity contribution in [3.05, 3.63) is 46.9 Å². The van der Waals surface area contributed by atoms with Crippen molar-refractivity contribution < 1.29 is 13.9 Å². The zero-order valence-electron chi connectivity index (χ0n) is 12.4. The van der Waals surface area contributed by atoms with Gasteiger partial charge in [-0.05, 0) is 44.7 Å². The van der Waals surface area contributed by atoms with Crippen LogP contribution < -0.4 is 14.8 Å². The first-order chi connectivity index (χ1) is 9.63. The number of hydrogen-bond acceptors (Lipinski definition) is 4. The molecule has 0 spiro atoms. The molecule has 0 aliphatic carbocycles. The first kappa shape index (κ1) is 14.5. The van der Waals surface area contributed by atoms with E-state index in [0.29, 0.717) is 6.61 Å². The highest BCUT2D eigenvalue weighted by atomic mass is 16.5. The van der Waals surface area contributed by atoms with Gasteiger partial charge in [0, 0.05) is 12.1 Å². The molecule has 1 N–H and O–H groups in total. The minimum Gasteiger partial charge on any atom is -0.493 e. The van der Waals surface area contributed by atoms with Crippen LogP contribution in [-0.2, 0) is 13.2 Å². The van der Waals surface area contributed by atoms with E-state index in [4.69, 9.17) is 13.9 Å². The van der Waals surface area contributed by atoms with Crippen LogP contribution in [-0.4, -0.2) is 14.2 Å². The van der Waals surface area contributed by atoms with E-state index in [1.54, 1.807) is 7.11 Å². The summed E-state index contributed by atoms with van der Waals surface area (Å²) in [7, 11) is 3.56. The maximum absolute atomic E-state index is 5.78. The zero-order chi connectivity index (χ0) is 14.5. The van der Waals surface area contributed by atoms with Crippen LogP contribution in [0.15, 0.2) is 28.7 Å². The number of benzene rings is 1. The Morgan fingerprint density at radius 2 is 1.95 bits per heavy atom. The van der Waals surface area contributed by atoms with Gasteiger partial charge in [0.15, 0.2) is 11.5 Å². The standard InChI is InChI=1S/C16H21NO3/c1-11-5-6-15(16(7-11)18-4)19-10-14-8-13(9-17-3)12(2)20-14/h5-8,17H,9-10H2,1-4H3. The van der Waals surface area contributed by atoms with Crippen molar-refractivity contribution in [3.8, 4) is 11.5 Å². The second-order valence-electron chi connectivity index (χ2n) is 4.77. The molecule has 4 nitrogen and oxygen atoms in total. The number of ether oxygens (including phenoxy) is 2. The van der Waals surface area contributed by atoms with Crippen LogP contribution in [0, 0.1) is 13.8 Å². The summed E-state index contributed by atoms with van der Waals surface area (Å²) in [5.41, 5.74) is 2.29. The second kappa shape index (κ2) is 6.48. The molecule has 0 unspecified atom stereocenters. The van der Waals surface area contributed by atoms with Crippen LogP contribution in [0.5, 0.6) is 11.5 Å². The van der Waals surface area contributed by atoms with Crippen molar-refractivity contribution in [2.45, 2.75) is 27.0 Å². The van der Waals surface area contributed by atoms with Gasteiger partial charge in [0.2, 0.25) is 0 Å². The van der Waals surface area contributed by atoms with E-state index in [9.17, 15) is 0 Å². The zero-order valence-corrected chi connectivity index (χ0v) is 12.4. The summed E-state index contributed by atoms with van der Waals surface area (Å²) >= 11 is 0. The summed E-state index contributed by atoms with van der Waals surface area (Å²) in [6, 6.07) is 7.89. The predicted octanol–water partition coefficient (Wildman–Crippen LogP) is 3.20. The van der Waals surface area contributed by atoms with Crippen LogP contribution >= 0.6 is 0 Å². The summed E-state index contributed by atoms with van der Waals surface area (Å²) in [4.78, 5) is 0. The Labute approximate surface area is 119 Å². The van der Waals surface area contributed by atoms with E-state index in [2.05, 4.69) is 5.32 Å². The van der Waals surface area contributed by atoms with E-state index in [-0.39, 0.29) is 0 Å². The third kappa shape index (κ3) is 3.33. The molecule has 20 heavy (non-hydrogen) atoms. The molecular weight excluding hydrogens is 254 g/mol. The van der Waals surface area contributed by atoms with Gasteiger partial charge < -0.3 is 19.2 Å². The Hall–Kier alpha value is -1.94. The van der Waals surface area contributed by atoms with Crippen LogP contribution in [0.2, 0.25) is 0 Å². The molecule has 0 saturated heterocycles. The molecule has 0 amide bonds. The monoisotopic (exact) mass is 275 g/mol. The molecule has 0 bridgehead atoms. The van der Waals surface area contributed by atoms with E-state index >= 15 is 0 Å². The third-order valence-corrected chi connectivity index (χ3v) is 3.13. The molecule has 4 heteroatoms. The molecule has 0 fully saturated rings. The maximum Gasteiger partial charge on any atom is 0.161 e. The highest BCUT2D eigenvalue weighted by Crippen LogP contribution is 2.28. The number of hydrogen-bond donors (Lipinski definition) is 1. The molecule has 1 aromatic carbocycles. The average Bonchev–Trinajstić information content (AvgIpc) is 2.78. The van der Waals surface area contributed by atoms with Gasteiger partial charge in [-0.2, -0.15) is 0 Å². The highest BCUT2D eigenvalue weighted by Gasteiger charge is 2.09. The summed E-state index contributed by atoms with van der Waals surface area (Å²) in [6.45, 7) is 5.17. The third-order valence-electron chi connectivity index (χ3n) is 3.13. The van der Waals surface area contributed by atoms with Crippen LogP contribution in [0.4, 0.5) is 0 Å². The number of methoxy groups -OCH3 is 1. The second-order valence-corrected chi connectivity index (χ2v) is 4.77. The molecule has 0 aliphatic heterocycles. The molecule has 2 aromatic rings. The first-order valence-corrected chi connectivity index (χ1v) is 6.64. The quantitative estimate of drug-likeness (QED) is 0.879. The SMILES string of the molecule is CNCc1cc(COc2ccc(C)cc2OC)oc1C. The van der Waals surface area contributed by atoms with Gasteiger partial charge in [-0.1, -0.05) is 6.07 Å². The van der Waals surface area contributed by atoms with Crippen molar-refractivity contribution in [2.24, 2.45) is 0 Å². The van der Waals surface area contributed by atoms with E-state index in [1.165, 1.54) is 0 Å². The molecule has 108 valence electrons. The van der Waals surface area contributed by atoms with Crippen LogP contribution in [0.3, 0.4) is 0 Å². The molecule has 0 aliphatic rings. The smallest absolute Gasteiger partial charge is 0.161 e. The lowest BCUT2D eigenvalue weighted by Crippen LogP contribution is -2.04. The Bertz CT molecular complexity index is 575. The van der Waals surface area contributed by atoms with Gasteiger partial charge in [0.25, 0.3) is 0 Å². The lowest BCUT2D eigenvalue weighted by molar-refractivity contribution is 0.254. The van der Waals surface area contributed by atoms with Crippen LogP contribution in [0.1, 0.15) is 22.6 Å². The van der Waals surface area contributed by atoms with E-state index in [0.717, 1.165) is 40.7 Å². The minimum absolute atomic E-state index is 0.393. The average molecular weight is 275 g/mol. The predicted molar refractivity (Wildman–Crippen MR) is 78.3 cm³/mol. The Morgan fingerprint density at radius 1 is 1.15 bits per heavy atom. The topological polar surface area (TPSA) is 43.6 Å². The first-order valence-electron chi connectivity index (χ1n) is 6.64. The van der Waals surface area contributed by atoms with Gasteiger partial charge >= 0.3 is 0 Å². The Morgan fingerprint density at radius 3 is 2.65 bits per heavy atom. The molecule has 2 rings (SSSR count). The summed E-state index contributed by atoms with van der Waals surface area (Å²) in [6.07, 6.45) is 0. The number of furan rings is 1. The number of nitrogens with one attached hydrogen (secondary N) is 1. The fourth-order valence-electron chi connectivity index (χ4n) is 2.07. The maximum atomic E-state index is 5.78. The minimum atomic E-state index is 0.393. The van der Waals surface area contributed by atoms with E-state index in [1.807, 2.05) is 45.2 Å². The van der Waals surface area contributed by atoms with Gasteiger partial charge in [0.1, 0.15) is 18.1 Å². The van der Waals surface area contributed by atoms with Crippen molar-refractivity contribution in [1.29, 1.82) is 0 Å². The molecule has 1 heterocycles. The van der Waals surface area contributed by atoms with Crippen molar-refractivity contribution in [2.75, 3.05) is 14.2 Å². The van der Waals surface area contributed by atoms with Crippen LogP contribution in [0.25, 0.3) is 0 Å². The van der Waals surface area contributed by atoms with Gasteiger partial charge in [-0.3, -0.25) is 0 Å². The summed E-state index contributed by atoms with van der Waals surface area (Å²) in [5.74, 6) is 3.20. The normalized spacial score (nSPS) is 10.6. The van der Waals surface area contributed by atoms with Gasteiger partial charge in [-0.25, -0.2) is 0 Å². The largest absolute Gasteiger partial charge is 0.493 e. The lowest BCUT2D eigenvalue weighted by Gasteiger charge is -2.10. The fourth-order valence-corrected chi connectivity index (χ4v) is 2.07. The van der Waals surface area contributed by atoms with Crippen molar-refractivity contribution in [3.63, 3.8) is 0 Å². The molecule has 0 atom stereocenters. The molecule has 0 radical (unpaired) electrons. The molecule has 1 aromatic heterocycles. The summed E-state index contributed by atoms with van der Waals surface area (Å²) < 4.78 is 16.8. The Balaban J connectivity index is 2.07. The van der Waals surface area contributed by atoms with Crippen molar-refractivity contribution >= 4 is 0 Å². The van der Waals surface area contributed by atoms with Crippen molar-refractivity contribution in [1.82, 2.24) is 5.32 Å². The Kier molecular flexibility index (Phi) is 4.69. The van der Waals surface area contributed by atoms with Gasteiger partial charge in [-0.15, -0.1) is 0 Å². The summed E-state index contributed by atoms with van der Waals surface area (Å²) in [5, 5.41) is 3.12. The number of rotatable bonds is 6. The highest BCUT2D eigenvalue weighted by molar-refractivity contribution is 5.42. The van der Waals surface area contributed by atoms with E-state index < -0.39 is 0 Å². The number of aryl methyl sites for hydroxylation is 2. The molecule has 0 saturated carbocycles. The fraction of sp³-hybridized carbons (Fsp3) is 0.375.